The third-order valence-corrected chi connectivity index (χ3v) is 19.4. The van der Waals surface area contributed by atoms with Crippen LogP contribution in [0.25, 0.3) is 31.3 Å². The Morgan fingerprint density at radius 2 is 1.02 bits per heavy atom. The van der Waals surface area contributed by atoms with Gasteiger partial charge in [-0.25, -0.2) is 0 Å². The normalized spacial score (nSPS) is 20.8. The molecule has 0 radical (unpaired) electrons. The van der Waals surface area contributed by atoms with E-state index in [2.05, 4.69) is 198 Å². The molecule has 6 aromatic carbocycles. The van der Waals surface area contributed by atoms with Crippen LogP contribution in [0.4, 0.5) is 28.4 Å². The van der Waals surface area contributed by atoms with Crippen LogP contribution in [0.1, 0.15) is 166 Å². The summed E-state index contributed by atoms with van der Waals surface area (Å²) in [6.45, 7) is 34.5. The fraction of sp³-hybridized carbons (Fsp3) is 0.419. The van der Waals surface area contributed by atoms with E-state index in [1.165, 1.54) is 154 Å². The number of hydrogen-bond acceptors (Lipinski definition) is 3. The van der Waals surface area contributed by atoms with Crippen molar-refractivity contribution in [3.8, 4) is 11.1 Å². The molecule has 2 aliphatic heterocycles. The summed E-state index contributed by atoms with van der Waals surface area (Å²) in [7, 11) is 0. The zero-order valence-electron chi connectivity index (χ0n) is 42.3. The summed E-state index contributed by atoms with van der Waals surface area (Å²) in [6.07, 6.45) is 7.17. The molecule has 336 valence electrons. The van der Waals surface area contributed by atoms with E-state index in [9.17, 15) is 0 Å². The molecule has 0 bridgehead atoms. The van der Waals surface area contributed by atoms with Gasteiger partial charge in [0.25, 0.3) is 0 Å². The standard InChI is InChI=1S/C62H69BN2S/c1-36-29-42-41-33-46-48(62(13,14)28-26-60(46,9)10)35-51(41)65(38-19-21-43-45(32-38)59(7,8)24-23-57(43,3)4)63-49-22-20-40-39-17-15-16-18-53(39)66-56(40)55(49)64(52(30-36)54(42)63)50-34-47-44(31-37(50)2)58(5,6)25-27-61(47,11)12/h15-22,29-35H,23-28H2,1-14H3. The SMILES string of the molecule is Cc1cc2c3c(c1)N(c1cc4c(cc1C)C(C)(C)CCC4(C)C)c1c(ccc4c1sc1ccccc14)B3N(c1ccc3c(c1)C(C)(C)CCC3(C)C)c1cc3c(cc1-2)C(C)(C)CCC3(C)C. The molecule has 3 heterocycles. The van der Waals surface area contributed by atoms with Crippen molar-refractivity contribution >= 4 is 77.7 Å². The van der Waals surface area contributed by atoms with E-state index in [0.717, 1.165) is 0 Å². The molecule has 0 atom stereocenters. The fourth-order valence-electron chi connectivity index (χ4n) is 13.6. The average molecular weight is 885 g/mol. The molecule has 0 unspecified atom stereocenters. The Labute approximate surface area is 399 Å². The number of thiophene rings is 1. The molecule has 0 fully saturated rings. The third-order valence-electron chi connectivity index (χ3n) is 18.2. The molecule has 3 aliphatic carbocycles. The van der Waals surface area contributed by atoms with Crippen molar-refractivity contribution in [2.24, 2.45) is 0 Å². The minimum Gasteiger partial charge on any atom is -0.376 e. The van der Waals surface area contributed by atoms with Crippen molar-refractivity contribution in [2.45, 2.75) is 168 Å². The molecule has 0 amide bonds. The monoisotopic (exact) mass is 885 g/mol. The highest BCUT2D eigenvalue weighted by Gasteiger charge is 2.49. The van der Waals surface area contributed by atoms with Crippen LogP contribution in [0.15, 0.2) is 91.0 Å². The first-order valence-electron chi connectivity index (χ1n) is 25.2. The van der Waals surface area contributed by atoms with Crippen LogP contribution in [-0.4, -0.2) is 6.85 Å². The number of rotatable bonds is 2. The quantitative estimate of drug-likeness (QED) is 0.160. The van der Waals surface area contributed by atoms with Crippen LogP contribution in [0, 0.1) is 13.8 Å². The van der Waals surface area contributed by atoms with E-state index < -0.39 is 0 Å². The highest BCUT2D eigenvalue weighted by molar-refractivity contribution is 7.26. The van der Waals surface area contributed by atoms with Crippen molar-refractivity contribution < 1.29 is 0 Å². The van der Waals surface area contributed by atoms with Crippen molar-refractivity contribution in [1.82, 2.24) is 0 Å². The lowest BCUT2D eigenvalue weighted by molar-refractivity contribution is 0.332. The Hall–Kier alpha value is -4.80. The fourth-order valence-corrected chi connectivity index (χ4v) is 14.9. The van der Waals surface area contributed by atoms with Gasteiger partial charge in [0.2, 0.25) is 0 Å². The van der Waals surface area contributed by atoms with Crippen LogP contribution >= 0.6 is 11.3 Å². The van der Waals surface area contributed by atoms with E-state index in [1.807, 2.05) is 11.3 Å². The Morgan fingerprint density at radius 1 is 0.470 bits per heavy atom. The zero-order chi connectivity index (χ0) is 46.4. The minimum absolute atomic E-state index is 0.0344. The average Bonchev–Trinajstić information content (AvgIpc) is 3.64. The van der Waals surface area contributed by atoms with Crippen molar-refractivity contribution in [3.05, 3.63) is 136 Å². The van der Waals surface area contributed by atoms with Crippen molar-refractivity contribution in [1.29, 1.82) is 0 Å². The van der Waals surface area contributed by atoms with Gasteiger partial charge in [0.05, 0.1) is 10.4 Å². The first kappa shape index (κ1) is 42.6. The van der Waals surface area contributed by atoms with E-state index in [0.29, 0.717) is 0 Å². The van der Waals surface area contributed by atoms with Gasteiger partial charge >= 0.3 is 6.85 Å². The second kappa shape index (κ2) is 13.5. The summed E-state index contributed by atoms with van der Waals surface area (Å²) >= 11 is 1.98. The zero-order valence-corrected chi connectivity index (χ0v) is 43.1. The third kappa shape index (κ3) is 5.85. The summed E-state index contributed by atoms with van der Waals surface area (Å²) in [6, 6.07) is 37.4. The largest absolute Gasteiger partial charge is 0.376 e. The van der Waals surface area contributed by atoms with Crippen molar-refractivity contribution in [2.75, 3.05) is 9.71 Å². The summed E-state index contributed by atoms with van der Waals surface area (Å²) < 4.78 is 2.73. The maximum Gasteiger partial charge on any atom is 0.333 e. The molecular formula is C62H69BN2S. The predicted octanol–water partition coefficient (Wildman–Crippen LogP) is 16.4. The van der Waals surface area contributed by atoms with Gasteiger partial charge in [-0.3, -0.25) is 0 Å². The molecule has 1 aromatic heterocycles. The molecule has 0 saturated carbocycles. The topological polar surface area (TPSA) is 6.48 Å². The predicted molar refractivity (Wildman–Crippen MR) is 288 cm³/mol. The lowest BCUT2D eigenvalue weighted by atomic mass is 9.43. The molecule has 2 nitrogen and oxygen atoms in total. The molecule has 7 aromatic rings. The minimum atomic E-state index is -0.0344. The maximum atomic E-state index is 2.83. The summed E-state index contributed by atoms with van der Waals surface area (Å²) in [4.78, 5) is 5.59. The van der Waals surface area contributed by atoms with E-state index in [1.54, 1.807) is 0 Å². The smallest absolute Gasteiger partial charge is 0.333 e. The first-order valence-corrected chi connectivity index (χ1v) is 26.0. The Balaban J connectivity index is 1.23. The van der Waals surface area contributed by atoms with Crippen LogP contribution in [0.3, 0.4) is 0 Å². The molecule has 66 heavy (non-hydrogen) atoms. The molecule has 0 N–H and O–H groups in total. The van der Waals surface area contributed by atoms with E-state index in [-0.39, 0.29) is 39.3 Å². The number of hydrogen-bond donors (Lipinski definition) is 0. The lowest BCUT2D eigenvalue weighted by Crippen LogP contribution is -2.61. The van der Waals surface area contributed by atoms with Gasteiger partial charge in [0.15, 0.2) is 0 Å². The van der Waals surface area contributed by atoms with Gasteiger partial charge in [-0.1, -0.05) is 132 Å². The second-order valence-corrected chi connectivity index (χ2v) is 26.5. The first-order chi connectivity index (χ1) is 31.0. The van der Waals surface area contributed by atoms with Gasteiger partial charge in [-0.15, -0.1) is 11.3 Å². The Kier molecular flexibility index (Phi) is 8.68. The highest BCUT2D eigenvalue weighted by Crippen LogP contribution is 2.57. The van der Waals surface area contributed by atoms with Crippen LogP contribution in [-0.2, 0) is 32.5 Å². The Morgan fingerprint density at radius 3 is 1.65 bits per heavy atom. The van der Waals surface area contributed by atoms with Gasteiger partial charge in [-0.05, 0) is 188 Å². The van der Waals surface area contributed by atoms with Gasteiger partial charge in [0, 0.05) is 43.8 Å². The van der Waals surface area contributed by atoms with Gasteiger partial charge in [0.1, 0.15) is 0 Å². The molecule has 0 spiro atoms. The molecule has 5 aliphatic rings. The van der Waals surface area contributed by atoms with Gasteiger partial charge < -0.3 is 9.71 Å². The lowest BCUT2D eigenvalue weighted by Gasteiger charge is -2.49. The Bertz CT molecular complexity index is 3260. The number of benzene rings is 6. The molecule has 12 rings (SSSR count). The van der Waals surface area contributed by atoms with E-state index in [4.69, 9.17) is 0 Å². The van der Waals surface area contributed by atoms with Crippen LogP contribution < -0.4 is 20.6 Å². The maximum absolute atomic E-state index is 2.83. The van der Waals surface area contributed by atoms with Crippen molar-refractivity contribution in [3.63, 3.8) is 0 Å². The summed E-state index contributed by atoms with van der Waals surface area (Å²) in [5.41, 5.74) is 24.6. The molecule has 4 heteroatoms. The summed E-state index contributed by atoms with van der Waals surface area (Å²) in [5.74, 6) is 0. The molecule has 0 saturated heterocycles. The van der Waals surface area contributed by atoms with Crippen LogP contribution in [0.5, 0.6) is 0 Å². The number of nitrogens with zero attached hydrogens (tertiary/aromatic N) is 2. The number of aryl methyl sites for hydroxylation is 2. The summed E-state index contributed by atoms with van der Waals surface area (Å²) in [5, 5.41) is 2.70. The molecular weight excluding hydrogens is 816 g/mol. The van der Waals surface area contributed by atoms with Crippen LogP contribution in [0.2, 0.25) is 0 Å². The number of fused-ring (bicyclic) bond motifs is 11. The van der Waals surface area contributed by atoms with Gasteiger partial charge in [-0.2, -0.15) is 0 Å². The number of anilines is 5. The van der Waals surface area contributed by atoms with E-state index >= 15 is 0 Å². The highest BCUT2D eigenvalue weighted by atomic mass is 32.1. The second-order valence-electron chi connectivity index (χ2n) is 25.5.